The molecule has 2 fully saturated rings. The SMILES string of the molecule is CC(=O)c1ccc(N2CCN(C(=O)Cn3nc(C(=O)N4CCCC4)c4ccccc43)CC2)cc1. The van der Waals surface area contributed by atoms with Gasteiger partial charge >= 0.3 is 0 Å². The number of carbonyl (C=O) groups is 3. The molecule has 34 heavy (non-hydrogen) atoms. The van der Waals surface area contributed by atoms with Crippen molar-refractivity contribution >= 4 is 34.2 Å². The number of hydrogen-bond donors (Lipinski definition) is 0. The number of aromatic nitrogens is 2. The molecule has 1 aromatic heterocycles. The molecule has 8 nitrogen and oxygen atoms in total. The number of anilines is 1. The van der Waals surface area contributed by atoms with Gasteiger partial charge in [0.1, 0.15) is 6.54 Å². The van der Waals surface area contributed by atoms with Gasteiger partial charge in [0.05, 0.1) is 5.52 Å². The van der Waals surface area contributed by atoms with E-state index in [1.165, 1.54) is 0 Å². The topological polar surface area (TPSA) is 78.8 Å². The Morgan fingerprint density at radius 3 is 2.18 bits per heavy atom. The van der Waals surface area contributed by atoms with Crippen LogP contribution in [0.15, 0.2) is 48.5 Å². The van der Waals surface area contributed by atoms with Gasteiger partial charge in [-0.25, -0.2) is 0 Å². The first kappa shape index (κ1) is 22.1. The maximum Gasteiger partial charge on any atom is 0.275 e. The largest absolute Gasteiger partial charge is 0.368 e. The molecule has 0 saturated carbocycles. The summed E-state index contributed by atoms with van der Waals surface area (Å²) in [4.78, 5) is 43.6. The van der Waals surface area contributed by atoms with Crippen molar-refractivity contribution in [2.45, 2.75) is 26.3 Å². The molecule has 5 rings (SSSR count). The van der Waals surface area contributed by atoms with Gasteiger partial charge in [-0.15, -0.1) is 0 Å². The normalized spacial score (nSPS) is 16.3. The van der Waals surface area contributed by atoms with Gasteiger partial charge in [-0.3, -0.25) is 19.1 Å². The van der Waals surface area contributed by atoms with E-state index in [-0.39, 0.29) is 24.1 Å². The summed E-state index contributed by atoms with van der Waals surface area (Å²) in [7, 11) is 0. The number of ketones is 1. The van der Waals surface area contributed by atoms with Crippen molar-refractivity contribution in [2.75, 3.05) is 44.2 Å². The van der Waals surface area contributed by atoms with Gasteiger partial charge in [-0.05, 0) is 50.1 Å². The average Bonchev–Trinajstić information content (AvgIpc) is 3.53. The highest BCUT2D eigenvalue weighted by molar-refractivity contribution is 6.05. The lowest BCUT2D eigenvalue weighted by Gasteiger charge is -2.36. The third kappa shape index (κ3) is 4.27. The zero-order valence-corrected chi connectivity index (χ0v) is 19.4. The second-order valence-corrected chi connectivity index (χ2v) is 8.99. The van der Waals surface area contributed by atoms with Crippen LogP contribution in [0.5, 0.6) is 0 Å². The molecule has 2 saturated heterocycles. The van der Waals surface area contributed by atoms with Crippen LogP contribution in [0.2, 0.25) is 0 Å². The fourth-order valence-electron chi connectivity index (χ4n) is 4.83. The molecule has 0 N–H and O–H groups in total. The molecule has 176 valence electrons. The second kappa shape index (κ2) is 9.29. The lowest BCUT2D eigenvalue weighted by atomic mass is 10.1. The fraction of sp³-hybridized carbons (Fsp3) is 0.385. The standard InChI is InChI=1S/C26H29N5O3/c1-19(32)20-8-10-21(11-9-20)28-14-16-29(17-15-28)24(33)18-31-23-7-3-2-6-22(23)25(27-31)26(34)30-12-4-5-13-30/h2-3,6-11H,4-5,12-18H2,1H3. The molecule has 2 aliphatic rings. The minimum absolute atomic E-state index is 0.00000200. The second-order valence-electron chi connectivity index (χ2n) is 8.99. The summed E-state index contributed by atoms with van der Waals surface area (Å²) in [6, 6.07) is 15.2. The summed E-state index contributed by atoms with van der Waals surface area (Å²) in [5, 5.41) is 5.39. The highest BCUT2D eigenvalue weighted by atomic mass is 16.2. The van der Waals surface area contributed by atoms with E-state index in [4.69, 9.17) is 0 Å². The van der Waals surface area contributed by atoms with Crippen LogP contribution in [-0.4, -0.2) is 76.4 Å². The first-order valence-corrected chi connectivity index (χ1v) is 11.9. The number of rotatable bonds is 5. The fourth-order valence-corrected chi connectivity index (χ4v) is 4.83. The number of likely N-dealkylation sites (tertiary alicyclic amines) is 1. The summed E-state index contributed by atoms with van der Waals surface area (Å²) < 4.78 is 1.67. The number of fused-ring (bicyclic) bond motifs is 1. The van der Waals surface area contributed by atoms with Crippen molar-refractivity contribution in [2.24, 2.45) is 0 Å². The van der Waals surface area contributed by atoms with Crippen molar-refractivity contribution in [3.8, 4) is 0 Å². The van der Waals surface area contributed by atoms with Crippen molar-refractivity contribution in [3.63, 3.8) is 0 Å². The van der Waals surface area contributed by atoms with Crippen LogP contribution < -0.4 is 4.90 Å². The Morgan fingerprint density at radius 2 is 1.50 bits per heavy atom. The maximum absolute atomic E-state index is 13.1. The van der Waals surface area contributed by atoms with Crippen LogP contribution in [-0.2, 0) is 11.3 Å². The molecule has 2 amide bonds. The molecule has 0 unspecified atom stereocenters. The Balaban J connectivity index is 1.26. The number of para-hydroxylation sites is 1. The molecular formula is C26H29N5O3. The number of Topliss-reactive ketones (excluding diaryl/α,β-unsaturated/α-hetero) is 1. The van der Waals surface area contributed by atoms with Crippen LogP contribution in [0.25, 0.3) is 10.9 Å². The number of piperazine rings is 1. The first-order valence-electron chi connectivity index (χ1n) is 11.9. The van der Waals surface area contributed by atoms with Crippen LogP contribution in [0, 0.1) is 0 Å². The molecule has 0 bridgehead atoms. The van der Waals surface area contributed by atoms with Crippen LogP contribution in [0.1, 0.15) is 40.6 Å². The van der Waals surface area contributed by atoms with Crippen molar-refractivity contribution in [3.05, 3.63) is 59.8 Å². The Hall–Kier alpha value is -3.68. The molecule has 2 aromatic carbocycles. The number of carbonyl (C=O) groups excluding carboxylic acids is 3. The number of amides is 2. The summed E-state index contributed by atoms with van der Waals surface area (Å²) in [6.45, 7) is 5.89. The van der Waals surface area contributed by atoms with Crippen molar-refractivity contribution in [1.82, 2.24) is 19.6 Å². The van der Waals surface area contributed by atoms with E-state index in [1.54, 1.807) is 11.6 Å². The summed E-state index contributed by atoms with van der Waals surface area (Å²) in [6.07, 6.45) is 2.05. The lowest BCUT2D eigenvalue weighted by molar-refractivity contribution is -0.132. The van der Waals surface area contributed by atoms with Gasteiger partial charge in [0.25, 0.3) is 5.91 Å². The Bertz CT molecular complexity index is 1220. The van der Waals surface area contributed by atoms with E-state index >= 15 is 0 Å². The molecule has 0 radical (unpaired) electrons. The van der Waals surface area contributed by atoms with E-state index in [1.807, 2.05) is 58.3 Å². The molecule has 0 spiro atoms. The lowest BCUT2D eigenvalue weighted by Crippen LogP contribution is -2.49. The third-order valence-electron chi connectivity index (χ3n) is 6.81. The van der Waals surface area contributed by atoms with E-state index in [2.05, 4.69) is 10.00 Å². The quantitative estimate of drug-likeness (QED) is 0.549. The maximum atomic E-state index is 13.1. The summed E-state index contributed by atoms with van der Waals surface area (Å²) in [5.41, 5.74) is 3.00. The number of hydrogen-bond acceptors (Lipinski definition) is 5. The monoisotopic (exact) mass is 459 g/mol. The molecule has 3 heterocycles. The number of nitrogens with zero attached hydrogens (tertiary/aromatic N) is 5. The first-order chi connectivity index (χ1) is 16.5. The van der Waals surface area contributed by atoms with Crippen molar-refractivity contribution in [1.29, 1.82) is 0 Å². The average molecular weight is 460 g/mol. The van der Waals surface area contributed by atoms with Crippen LogP contribution >= 0.6 is 0 Å². The van der Waals surface area contributed by atoms with Gasteiger partial charge in [-0.1, -0.05) is 18.2 Å². The predicted molar refractivity (Wildman–Crippen MR) is 130 cm³/mol. The molecule has 0 atom stereocenters. The van der Waals surface area contributed by atoms with Crippen LogP contribution in [0.3, 0.4) is 0 Å². The molecule has 2 aliphatic heterocycles. The zero-order valence-electron chi connectivity index (χ0n) is 19.4. The molecular weight excluding hydrogens is 430 g/mol. The van der Waals surface area contributed by atoms with Gasteiger partial charge < -0.3 is 14.7 Å². The van der Waals surface area contributed by atoms with Crippen molar-refractivity contribution < 1.29 is 14.4 Å². The predicted octanol–water partition coefficient (Wildman–Crippen LogP) is 2.82. The Morgan fingerprint density at radius 1 is 0.824 bits per heavy atom. The van der Waals surface area contributed by atoms with Gasteiger partial charge in [0, 0.05) is 55.9 Å². The minimum Gasteiger partial charge on any atom is -0.368 e. The molecule has 3 aromatic rings. The van der Waals surface area contributed by atoms with Gasteiger partial charge in [0.15, 0.2) is 11.5 Å². The van der Waals surface area contributed by atoms with Gasteiger partial charge in [0.2, 0.25) is 5.91 Å². The van der Waals surface area contributed by atoms with E-state index < -0.39 is 0 Å². The smallest absolute Gasteiger partial charge is 0.275 e. The Kier molecular flexibility index (Phi) is 6.04. The number of benzene rings is 2. The van der Waals surface area contributed by atoms with E-state index in [9.17, 15) is 14.4 Å². The molecule has 8 heteroatoms. The minimum atomic E-state index is -0.0516. The summed E-state index contributed by atoms with van der Waals surface area (Å²) >= 11 is 0. The zero-order chi connectivity index (χ0) is 23.7. The van der Waals surface area contributed by atoms with E-state index in [0.717, 1.165) is 55.6 Å². The summed E-state index contributed by atoms with van der Waals surface area (Å²) in [5.74, 6) is 0.00251. The van der Waals surface area contributed by atoms with Crippen LogP contribution in [0.4, 0.5) is 5.69 Å². The van der Waals surface area contributed by atoms with Gasteiger partial charge in [-0.2, -0.15) is 5.10 Å². The Labute approximate surface area is 198 Å². The third-order valence-corrected chi connectivity index (χ3v) is 6.81. The van der Waals surface area contributed by atoms with E-state index in [0.29, 0.717) is 24.3 Å². The highest BCUT2D eigenvalue weighted by Gasteiger charge is 2.27. The highest BCUT2D eigenvalue weighted by Crippen LogP contribution is 2.23. The molecule has 0 aliphatic carbocycles.